The molecule has 0 aromatic rings. The molecule has 1 N–H and O–H groups in total. The highest BCUT2D eigenvalue weighted by atomic mass is 16.8. The summed E-state index contributed by atoms with van der Waals surface area (Å²) in [5.41, 5.74) is 0. The van der Waals surface area contributed by atoms with Crippen LogP contribution in [0.5, 0.6) is 0 Å². The van der Waals surface area contributed by atoms with Crippen LogP contribution in [0.2, 0.25) is 0 Å². The molecule has 6 rings (SSSR count). The first-order valence-corrected chi connectivity index (χ1v) is 27.8. The van der Waals surface area contributed by atoms with Crippen molar-refractivity contribution in [2.24, 2.45) is 53.3 Å². The van der Waals surface area contributed by atoms with E-state index in [-0.39, 0.29) is 105 Å². The largest absolute Gasteiger partial charge is 0.390 e. The van der Waals surface area contributed by atoms with Gasteiger partial charge >= 0.3 is 0 Å². The maximum atomic E-state index is 11.0. The number of hydrogen-bond donors (Lipinski definition) is 1. The van der Waals surface area contributed by atoms with Gasteiger partial charge in [-0.3, -0.25) is 0 Å². The van der Waals surface area contributed by atoms with Crippen LogP contribution in [0, 0.1) is 53.3 Å². The molecule has 0 aromatic carbocycles. The Kier molecular flexibility index (Phi) is 25.3. The lowest BCUT2D eigenvalue weighted by Gasteiger charge is -2.52. The van der Waals surface area contributed by atoms with Crippen molar-refractivity contribution in [3.63, 3.8) is 0 Å². The summed E-state index contributed by atoms with van der Waals surface area (Å²) in [6.07, 6.45) is -11.4. The minimum Gasteiger partial charge on any atom is -0.390 e. The first kappa shape index (κ1) is 64.3. The van der Waals surface area contributed by atoms with Gasteiger partial charge in [0, 0.05) is 93.6 Å². The summed E-state index contributed by atoms with van der Waals surface area (Å²) >= 11 is 0. The van der Waals surface area contributed by atoms with E-state index in [0.717, 1.165) is 0 Å². The van der Waals surface area contributed by atoms with E-state index in [4.69, 9.17) is 94.7 Å². The zero-order valence-corrected chi connectivity index (χ0v) is 49.2. The molecule has 6 heterocycles. The fourth-order valence-corrected chi connectivity index (χ4v) is 12.6. The van der Waals surface area contributed by atoms with E-state index in [2.05, 4.69) is 62.3 Å². The monoisotopic (exact) mass is 1100 g/mol. The molecular weight excluding hydrogens is 997 g/mol. The highest BCUT2D eigenvalue weighted by molar-refractivity contribution is 4.98. The molecule has 0 aromatic heterocycles. The average molecular weight is 1100 g/mol. The van der Waals surface area contributed by atoms with E-state index in [9.17, 15) is 5.11 Å². The first-order valence-electron chi connectivity index (χ1n) is 27.8. The van der Waals surface area contributed by atoms with Crippen molar-refractivity contribution < 1.29 is 99.8 Å². The molecule has 0 saturated carbocycles. The van der Waals surface area contributed by atoms with Crippen molar-refractivity contribution in [3.05, 3.63) is 0 Å². The third-order valence-corrected chi connectivity index (χ3v) is 18.0. The maximum absolute atomic E-state index is 11.0. The van der Waals surface area contributed by atoms with E-state index in [1.807, 2.05) is 6.92 Å². The molecule has 0 spiro atoms. The topological polar surface area (TPSA) is 205 Å². The molecule has 6 aliphatic heterocycles. The van der Waals surface area contributed by atoms with E-state index in [0.29, 0.717) is 6.61 Å². The Morgan fingerprint density at radius 2 is 0.513 bits per heavy atom. The Morgan fingerprint density at radius 3 is 0.842 bits per heavy atom. The molecule has 0 radical (unpaired) electrons. The van der Waals surface area contributed by atoms with Crippen molar-refractivity contribution in [1.82, 2.24) is 0 Å². The summed E-state index contributed by atoms with van der Waals surface area (Å²) in [5, 5.41) is 11.0. The Balaban J connectivity index is 1.14. The van der Waals surface area contributed by atoms with Gasteiger partial charge < -0.3 is 99.8 Å². The predicted octanol–water partition coefficient (Wildman–Crippen LogP) is 4.33. The number of hydrogen-bond acceptors (Lipinski definition) is 21. The van der Waals surface area contributed by atoms with Crippen molar-refractivity contribution in [3.8, 4) is 0 Å². The molecule has 12 unspecified atom stereocenters. The smallest absolute Gasteiger partial charge is 0.185 e. The molecule has 76 heavy (non-hydrogen) atoms. The molecule has 446 valence electrons. The predicted molar refractivity (Wildman–Crippen MR) is 274 cm³/mol. The van der Waals surface area contributed by atoms with Crippen LogP contribution >= 0.6 is 0 Å². The van der Waals surface area contributed by atoms with E-state index in [1.54, 1.807) is 64.0 Å². The van der Waals surface area contributed by atoms with Gasteiger partial charge in [-0.1, -0.05) is 62.3 Å². The SMILES string of the molecule is COCC1O[C@@H](O[C@@H]2C(COC)O[C@H](O[C@@H]3C(COC)O[C@@H](O[C@@H]4C(COC)O[C@H](O[C@@H]5C(COC)O[C@@H](O[C@@H]6C(COC)O[C@@H](C)C(C)[C@H]6C)C(OC)[C@H]5C)C(C)[C@H]4C)C(OC)[C@H]3C)C(C)[C@H]2C)C(OC)[C@@H](C)[C@@H]1O. The minimum atomic E-state index is -0.834. The maximum Gasteiger partial charge on any atom is 0.185 e. The van der Waals surface area contributed by atoms with Crippen LogP contribution in [-0.2, 0) is 94.7 Å². The second-order valence-electron chi connectivity index (χ2n) is 22.7. The van der Waals surface area contributed by atoms with Crippen molar-refractivity contribution in [1.29, 1.82) is 0 Å². The molecule has 0 bridgehead atoms. The fourth-order valence-electron chi connectivity index (χ4n) is 12.6. The van der Waals surface area contributed by atoms with Gasteiger partial charge in [-0.15, -0.1) is 0 Å². The van der Waals surface area contributed by atoms with Gasteiger partial charge in [0.2, 0.25) is 0 Å². The third kappa shape index (κ3) is 14.3. The Hall–Kier alpha value is -0.840. The third-order valence-electron chi connectivity index (χ3n) is 18.0. The number of methoxy groups -OCH3 is 9. The van der Waals surface area contributed by atoms with Gasteiger partial charge in [0.25, 0.3) is 0 Å². The second kappa shape index (κ2) is 29.9. The first-order chi connectivity index (χ1) is 36.4. The summed E-state index contributed by atoms with van der Waals surface area (Å²) in [6, 6.07) is 0. The molecule has 0 aliphatic carbocycles. The molecule has 6 aliphatic rings. The fraction of sp³-hybridized carbons (Fsp3) is 1.00. The standard InChI is InChI=1S/C55H100O21/c1-26-27(2)43(37(21-58-12)66-35(26)10)74-54-49(64-18)33(8)46(40(70-54)24-61-15)72-52-31(6)29(4)45(39(69-52)23-60-14)76-55-50(65-19)34(9)47(41(71-55)25-62-16)73-51-30(5)28(3)44(38(68-51)22-59-13)75-53-48(63-17)32(7)42(56)36(67-53)20-57-11/h26-56H,20-25H2,1-19H3/t26?,27-,28-,29-,30?,31?,32+,33+,34+,35+,36?,37?,38?,39?,40?,41?,42+,43+,44+,45+,46+,47+,48?,49?,50?,51-,52-,53+,54+,55+/m1/s1. The van der Waals surface area contributed by atoms with Gasteiger partial charge in [0.05, 0.1) is 82.4 Å². The van der Waals surface area contributed by atoms with E-state index in [1.165, 1.54) is 0 Å². The van der Waals surface area contributed by atoms with Crippen molar-refractivity contribution in [2.45, 2.75) is 198 Å². The quantitative estimate of drug-likeness (QED) is 0.135. The van der Waals surface area contributed by atoms with Crippen molar-refractivity contribution in [2.75, 3.05) is 104 Å². The average Bonchev–Trinajstić information content (AvgIpc) is 3.40. The Morgan fingerprint density at radius 1 is 0.263 bits per heavy atom. The highest BCUT2D eigenvalue weighted by Gasteiger charge is 2.56. The number of aliphatic hydroxyl groups excluding tert-OH is 1. The summed E-state index contributed by atoms with van der Waals surface area (Å²) in [6.45, 7) is 22.5. The number of aliphatic hydroxyl groups is 1. The van der Waals surface area contributed by atoms with Crippen LogP contribution < -0.4 is 0 Å². The molecule has 0 amide bonds. The summed E-state index contributed by atoms with van der Waals surface area (Å²) < 4.78 is 127. The molecular formula is C55H100O21. The van der Waals surface area contributed by atoms with Crippen LogP contribution in [-0.4, -0.2) is 238 Å². The van der Waals surface area contributed by atoms with Gasteiger partial charge in [-0.25, -0.2) is 0 Å². The van der Waals surface area contributed by atoms with Crippen molar-refractivity contribution >= 4 is 0 Å². The number of rotatable bonds is 25. The highest BCUT2D eigenvalue weighted by Crippen LogP contribution is 2.44. The van der Waals surface area contributed by atoms with Gasteiger partial charge in [-0.2, -0.15) is 0 Å². The Labute approximate surface area is 453 Å². The summed E-state index contributed by atoms with van der Waals surface area (Å²) in [4.78, 5) is 0. The van der Waals surface area contributed by atoms with E-state index < -0.39 is 111 Å². The van der Waals surface area contributed by atoms with E-state index >= 15 is 0 Å². The zero-order chi connectivity index (χ0) is 55.7. The van der Waals surface area contributed by atoms with Gasteiger partial charge in [-0.05, 0) is 30.6 Å². The summed E-state index contributed by atoms with van der Waals surface area (Å²) in [5.74, 6) is -0.863. The lowest BCUT2D eigenvalue weighted by atomic mass is 9.81. The lowest BCUT2D eigenvalue weighted by molar-refractivity contribution is -0.380. The number of ether oxygens (including phenoxy) is 20. The van der Waals surface area contributed by atoms with Gasteiger partial charge in [0.15, 0.2) is 31.5 Å². The zero-order valence-electron chi connectivity index (χ0n) is 49.2. The van der Waals surface area contributed by atoms with Crippen LogP contribution in [0.15, 0.2) is 0 Å². The second-order valence-corrected chi connectivity index (χ2v) is 22.7. The normalized spacial score (nSPS) is 48.5. The molecule has 6 saturated heterocycles. The Bertz CT molecular complexity index is 1650. The molecule has 21 nitrogen and oxygen atoms in total. The molecule has 30 atom stereocenters. The minimum absolute atomic E-state index is 0.0549. The molecule has 6 fully saturated rings. The summed E-state index contributed by atoms with van der Waals surface area (Å²) in [7, 11) is 14.7. The van der Waals surface area contributed by atoms with Crippen LogP contribution in [0.25, 0.3) is 0 Å². The van der Waals surface area contributed by atoms with Crippen LogP contribution in [0.3, 0.4) is 0 Å². The lowest BCUT2D eigenvalue weighted by Crippen LogP contribution is -2.63. The van der Waals surface area contributed by atoms with Crippen LogP contribution in [0.4, 0.5) is 0 Å². The molecule has 21 heteroatoms. The van der Waals surface area contributed by atoms with Gasteiger partial charge in [0.1, 0.15) is 54.9 Å². The van der Waals surface area contributed by atoms with Crippen LogP contribution in [0.1, 0.15) is 69.2 Å².